The number of nitrogens with one attached hydrogen (secondary N) is 2. The standard InChI is InChI=1S/C17H13F3N4O2/c18-17(19,20)12-2-1-3-14(7-12)26-10-11-4-5-21-15(6-11)16(25)24-13-8-22-23-9-13/h1-9H,10H2,(H,22,23)(H,24,25). The summed E-state index contributed by atoms with van der Waals surface area (Å²) in [6, 6.07) is 7.72. The van der Waals surface area contributed by atoms with Crippen LogP contribution in [0, 0.1) is 0 Å². The van der Waals surface area contributed by atoms with Gasteiger partial charge in [-0.15, -0.1) is 0 Å². The monoisotopic (exact) mass is 362 g/mol. The normalized spacial score (nSPS) is 11.2. The Morgan fingerprint density at radius 1 is 1.23 bits per heavy atom. The summed E-state index contributed by atoms with van der Waals surface area (Å²) in [6.07, 6.45) is -0.0551. The van der Waals surface area contributed by atoms with Gasteiger partial charge in [-0.25, -0.2) is 0 Å². The van der Waals surface area contributed by atoms with E-state index in [-0.39, 0.29) is 18.1 Å². The van der Waals surface area contributed by atoms with Crippen LogP contribution in [-0.4, -0.2) is 21.1 Å². The molecule has 0 saturated heterocycles. The first-order valence-electron chi connectivity index (χ1n) is 7.47. The molecule has 0 spiro atoms. The van der Waals surface area contributed by atoms with Crippen molar-refractivity contribution >= 4 is 11.6 Å². The van der Waals surface area contributed by atoms with E-state index < -0.39 is 17.6 Å². The Balaban J connectivity index is 1.67. The molecule has 0 aliphatic carbocycles. The molecule has 3 aromatic rings. The number of hydrogen-bond acceptors (Lipinski definition) is 4. The van der Waals surface area contributed by atoms with Crippen molar-refractivity contribution in [2.75, 3.05) is 5.32 Å². The Hall–Kier alpha value is -3.36. The van der Waals surface area contributed by atoms with Gasteiger partial charge in [0, 0.05) is 12.4 Å². The summed E-state index contributed by atoms with van der Waals surface area (Å²) in [5, 5.41) is 8.88. The highest BCUT2D eigenvalue weighted by Gasteiger charge is 2.30. The molecule has 3 rings (SSSR count). The number of anilines is 1. The van der Waals surface area contributed by atoms with E-state index in [9.17, 15) is 18.0 Å². The Bertz CT molecular complexity index is 895. The average Bonchev–Trinajstić information content (AvgIpc) is 3.13. The smallest absolute Gasteiger partial charge is 0.416 e. The molecule has 26 heavy (non-hydrogen) atoms. The molecule has 2 N–H and O–H groups in total. The van der Waals surface area contributed by atoms with Crippen LogP contribution in [0.25, 0.3) is 0 Å². The predicted molar refractivity (Wildman–Crippen MR) is 86.6 cm³/mol. The van der Waals surface area contributed by atoms with E-state index in [4.69, 9.17) is 4.74 Å². The third kappa shape index (κ3) is 4.38. The highest BCUT2D eigenvalue weighted by molar-refractivity contribution is 6.02. The second-order valence-electron chi connectivity index (χ2n) is 5.30. The molecule has 0 fully saturated rings. The number of alkyl halides is 3. The Labute approximate surface area is 146 Å². The first-order valence-corrected chi connectivity index (χ1v) is 7.47. The maximum Gasteiger partial charge on any atom is 0.416 e. The number of amides is 1. The van der Waals surface area contributed by atoms with Crippen molar-refractivity contribution in [1.29, 1.82) is 0 Å². The van der Waals surface area contributed by atoms with Crippen LogP contribution in [0.4, 0.5) is 18.9 Å². The number of rotatable bonds is 5. The number of pyridine rings is 1. The number of benzene rings is 1. The van der Waals surface area contributed by atoms with Gasteiger partial charge in [0.2, 0.25) is 0 Å². The molecule has 0 radical (unpaired) electrons. The zero-order valence-corrected chi connectivity index (χ0v) is 13.2. The lowest BCUT2D eigenvalue weighted by Crippen LogP contribution is -2.13. The molecular formula is C17H13F3N4O2. The summed E-state index contributed by atoms with van der Waals surface area (Å²) in [4.78, 5) is 16.1. The fourth-order valence-corrected chi connectivity index (χ4v) is 2.13. The van der Waals surface area contributed by atoms with Gasteiger partial charge >= 0.3 is 6.18 Å². The van der Waals surface area contributed by atoms with Crippen molar-refractivity contribution in [2.24, 2.45) is 0 Å². The lowest BCUT2D eigenvalue weighted by molar-refractivity contribution is -0.137. The number of hydrogen-bond donors (Lipinski definition) is 2. The van der Waals surface area contributed by atoms with Crippen LogP contribution in [0.5, 0.6) is 5.75 Å². The largest absolute Gasteiger partial charge is 0.489 e. The summed E-state index contributed by atoms with van der Waals surface area (Å²) in [5.74, 6) is -0.353. The number of aromatic nitrogens is 3. The van der Waals surface area contributed by atoms with Crippen LogP contribution in [0.2, 0.25) is 0 Å². The van der Waals surface area contributed by atoms with Gasteiger partial charge in [0.1, 0.15) is 18.1 Å². The molecule has 134 valence electrons. The molecule has 0 unspecified atom stereocenters. The van der Waals surface area contributed by atoms with Gasteiger partial charge in [-0.1, -0.05) is 6.07 Å². The number of ether oxygens (including phenoxy) is 1. The van der Waals surface area contributed by atoms with Gasteiger partial charge in [0.05, 0.1) is 17.4 Å². The number of carbonyl (C=O) groups is 1. The zero-order valence-electron chi connectivity index (χ0n) is 13.2. The Morgan fingerprint density at radius 2 is 2.08 bits per heavy atom. The van der Waals surface area contributed by atoms with Crippen molar-refractivity contribution in [3.05, 3.63) is 71.8 Å². The second kappa shape index (κ2) is 7.26. The molecule has 6 nitrogen and oxygen atoms in total. The highest BCUT2D eigenvalue weighted by Crippen LogP contribution is 2.31. The van der Waals surface area contributed by atoms with E-state index in [0.717, 1.165) is 12.1 Å². The minimum atomic E-state index is -4.44. The minimum absolute atomic E-state index is 0.00415. The predicted octanol–water partition coefficient (Wildman–Crippen LogP) is 3.65. The van der Waals surface area contributed by atoms with Crippen LogP contribution < -0.4 is 10.1 Å². The molecular weight excluding hydrogens is 349 g/mol. The average molecular weight is 362 g/mol. The van der Waals surface area contributed by atoms with E-state index in [1.165, 1.54) is 36.8 Å². The molecule has 0 saturated carbocycles. The van der Waals surface area contributed by atoms with E-state index in [1.807, 2.05) is 0 Å². The van der Waals surface area contributed by atoms with Gasteiger partial charge in [0.25, 0.3) is 5.91 Å². The molecule has 2 heterocycles. The molecule has 0 atom stereocenters. The van der Waals surface area contributed by atoms with E-state index in [2.05, 4.69) is 20.5 Å². The first kappa shape index (κ1) is 17.5. The van der Waals surface area contributed by atoms with Crippen LogP contribution in [-0.2, 0) is 12.8 Å². The van der Waals surface area contributed by atoms with Crippen LogP contribution in [0.3, 0.4) is 0 Å². The third-order valence-electron chi connectivity index (χ3n) is 3.38. The molecule has 2 aromatic heterocycles. The van der Waals surface area contributed by atoms with Gasteiger partial charge in [0.15, 0.2) is 0 Å². The summed E-state index contributed by atoms with van der Waals surface area (Å²) >= 11 is 0. The van der Waals surface area contributed by atoms with Crippen LogP contribution in [0.1, 0.15) is 21.6 Å². The van der Waals surface area contributed by atoms with E-state index >= 15 is 0 Å². The van der Waals surface area contributed by atoms with Gasteiger partial charge in [-0.05, 0) is 35.9 Å². The van der Waals surface area contributed by atoms with Crippen molar-refractivity contribution in [3.8, 4) is 5.75 Å². The summed E-state index contributed by atoms with van der Waals surface area (Å²) in [5.41, 5.74) is 0.443. The summed E-state index contributed by atoms with van der Waals surface area (Å²) in [7, 11) is 0. The maximum atomic E-state index is 12.7. The zero-order chi connectivity index (χ0) is 18.6. The number of H-pyrrole nitrogens is 1. The maximum absolute atomic E-state index is 12.7. The summed E-state index contributed by atoms with van der Waals surface area (Å²) < 4.78 is 43.5. The fourth-order valence-electron chi connectivity index (χ4n) is 2.13. The lowest BCUT2D eigenvalue weighted by Gasteiger charge is -2.10. The number of halogens is 3. The van der Waals surface area contributed by atoms with Gasteiger partial charge in [-0.2, -0.15) is 18.3 Å². The van der Waals surface area contributed by atoms with Crippen LogP contribution >= 0.6 is 0 Å². The van der Waals surface area contributed by atoms with Crippen molar-refractivity contribution in [2.45, 2.75) is 12.8 Å². The molecule has 9 heteroatoms. The highest BCUT2D eigenvalue weighted by atomic mass is 19.4. The third-order valence-corrected chi connectivity index (χ3v) is 3.38. The van der Waals surface area contributed by atoms with Crippen LogP contribution in [0.15, 0.2) is 55.0 Å². The summed E-state index contributed by atoms with van der Waals surface area (Å²) in [6.45, 7) is -0.00415. The minimum Gasteiger partial charge on any atom is -0.489 e. The molecule has 1 amide bonds. The molecule has 1 aromatic carbocycles. The molecule has 0 bridgehead atoms. The Kier molecular flexibility index (Phi) is 4.87. The SMILES string of the molecule is O=C(Nc1cn[nH]c1)c1cc(COc2cccc(C(F)(F)F)c2)ccn1. The van der Waals surface area contributed by atoms with E-state index in [0.29, 0.717) is 11.3 Å². The Morgan fingerprint density at radius 3 is 2.81 bits per heavy atom. The second-order valence-corrected chi connectivity index (χ2v) is 5.30. The lowest BCUT2D eigenvalue weighted by atomic mass is 10.2. The number of carbonyl (C=O) groups excluding carboxylic acids is 1. The fraction of sp³-hybridized carbons (Fsp3) is 0.118. The van der Waals surface area contributed by atoms with E-state index in [1.54, 1.807) is 6.07 Å². The number of nitrogens with zero attached hydrogens (tertiary/aromatic N) is 2. The molecule has 0 aliphatic heterocycles. The van der Waals surface area contributed by atoms with Crippen molar-refractivity contribution in [1.82, 2.24) is 15.2 Å². The topological polar surface area (TPSA) is 79.9 Å². The number of aromatic amines is 1. The van der Waals surface area contributed by atoms with Crippen molar-refractivity contribution in [3.63, 3.8) is 0 Å². The van der Waals surface area contributed by atoms with Gasteiger partial charge in [-0.3, -0.25) is 14.9 Å². The van der Waals surface area contributed by atoms with Gasteiger partial charge < -0.3 is 10.1 Å². The quantitative estimate of drug-likeness (QED) is 0.726. The molecule has 0 aliphatic rings. The van der Waals surface area contributed by atoms with Crippen molar-refractivity contribution < 1.29 is 22.7 Å². The first-order chi connectivity index (χ1) is 12.4.